The highest BCUT2D eigenvalue weighted by Crippen LogP contribution is 2.38. The zero-order valence-corrected chi connectivity index (χ0v) is 18.2. The zero-order valence-electron chi connectivity index (χ0n) is 17.5. The number of nitrogens with zero attached hydrogens (tertiary/aromatic N) is 4. The minimum absolute atomic E-state index is 0.0845. The minimum Gasteiger partial charge on any atom is -0.494 e. The number of aromatic nitrogens is 3. The molecule has 1 saturated heterocycles. The molecule has 1 aliphatic rings. The molecule has 8 nitrogen and oxygen atoms in total. The fourth-order valence-electron chi connectivity index (χ4n) is 4.33. The number of imidazole rings is 1. The van der Waals surface area contributed by atoms with Gasteiger partial charge >= 0.3 is 6.18 Å². The van der Waals surface area contributed by atoms with Crippen molar-refractivity contribution in [3.8, 4) is 22.9 Å². The van der Waals surface area contributed by atoms with Gasteiger partial charge in [0.1, 0.15) is 5.15 Å². The molecule has 12 heteroatoms. The number of likely N-dealkylation sites (tertiary alicyclic amines) is 1. The minimum atomic E-state index is -4.73. The molecule has 0 aromatic carbocycles. The number of furan rings is 1. The number of pyridine rings is 1. The molecule has 178 valence electrons. The van der Waals surface area contributed by atoms with Gasteiger partial charge in [-0.25, -0.2) is 4.98 Å². The standard InChI is InChI=1S/C22H18ClF3N4O4/c23-19-18(21(33)28-6-3-14(4-7-28)30-16(31)1-2-17(30)32)27-20-15(22(24,25)26)9-13(10-29(19)20)12-5-8-34-11-12/h1-2,5,8-11,14,31-32H,3-4,6-7H2. The summed E-state index contributed by atoms with van der Waals surface area (Å²) < 4.78 is 48.9. The molecule has 1 fully saturated rings. The molecule has 0 aliphatic carbocycles. The van der Waals surface area contributed by atoms with E-state index in [9.17, 15) is 28.2 Å². The summed E-state index contributed by atoms with van der Waals surface area (Å²) in [6.07, 6.45) is 0.146. The summed E-state index contributed by atoms with van der Waals surface area (Å²) in [6, 6.07) is 4.98. The van der Waals surface area contributed by atoms with E-state index in [1.807, 2.05) is 0 Å². The van der Waals surface area contributed by atoms with E-state index in [1.165, 1.54) is 46.4 Å². The number of hydrogen-bond acceptors (Lipinski definition) is 5. The van der Waals surface area contributed by atoms with Crippen LogP contribution in [0.15, 0.2) is 47.4 Å². The molecule has 0 saturated carbocycles. The predicted octanol–water partition coefficient (Wildman–Crippen LogP) is 4.96. The number of carbonyl (C=O) groups is 1. The number of carbonyl (C=O) groups excluding carboxylic acids is 1. The van der Waals surface area contributed by atoms with Crippen LogP contribution >= 0.6 is 11.6 Å². The van der Waals surface area contributed by atoms with Gasteiger partial charge in [-0.1, -0.05) is 11.6 Å². The van der Waals surface area contributed by atoms with Crippen LogP contribution in [0.2, 0.25) is 5.15 Å². The first-order valence-electron chi connectivity index (χ1n) is 10.3. The molecule has 0 bridgehead atoms. The van der Waals surface area contributed by atoms with Gasteiger partial charge in [0.05, 0.1) is 18.1 Å². The van der Waals surface area contributed by atoms with Crippen LogP contribution in [0.1, 0.15) is 34.9 Å². The third-order valence-electron chi connectivity index (χ3n) is 6.02. The largest absolute Gasteiger partial charge is 0.494 e. The average Bonchev–Trinajstić information content (AvgIpc) is 3.52. The van der Waals surface area contributed by atoms with Crippen molar-refractivity contribution in [2.75, 3.05) is 13.1 Å². The molecule has 5 rings (SSSR count). The average molecular weight is 495 g/mol. The van der Waals surface area contributed by atoms with Crippen molar-refractivity contribution in [2.24, 2.45) is 0 Å². The first-order valence-corrected chi connectivity index (χ1v) is 10.7. The van der Waals surface area contributed by atoms with Gasteiger partial charge in [-0.3, -0.25) is 13.8 Å². The molecule has 0 unspecified atom stereocenters. The molecule has 0 atom stereocenters. The highest BCUT2D eigenvalue weighted by Gasteiger charge is 2.37. The van der Waals surface area contributed by atoms with Crippen LogP contribution in [-0.4, -0.2) is 48.1 Å². The summed E-state index contributed by atoms with van der Waals surface area (Å²) >= 11 is 6.37. The van der Waals surface area contributed by atoms with Gasteiger partial charge < -0.3 is 19.5 Å². The first-order chi connectivity index (χ1) is 16.1. The number of hydrogen-bond donors (Lipinski definition) is 2. The highest BCUT2D eigenvalue weighted by atomic mass is 35.5. The van der Waals surface area contributed by atoms with Gasteiger partial charge in [0.25, 0.3) is 5.91 Å². The van der Waals surface area contributed by atoms with Gasteiger partial charge in [-0.2, -0.15) is 13.2 Å². The Labute approximate surface area is 195 Å². The number of aromatic hydroxyl groups is 2. The number of amides is 1. The Morgan fingerprint density at radius 1 is 1.12 bits per heavy atom. The molecule has 4 aromatic rings. The fraction of sp³-hybridized carbons (Fsp3) is 0.273. The van der Waals surface area contributed by atoms with Gasteiger partial charge in [0, 0.05) is 48.6 Å². The van der Waals surface area contributed by atoms with Crippen LogP contribution in [0.3, 0.4) is 0 Å². The monoisotopic (exact) mass is 494 g/mol. The van der Waals surface area contributed by atoms with Gasteiger partial charge in [-0.05, 0) is 25.0 Å². The first kappa shape index (κ1) is 22.2. The van der Waals surface area contributed by atoms with E-state index in [1.54, 1.807) is 0 Å². The second-order valence-corrected chi connectivity index (χ2v) is 8.40. The van der Waals surface area contributed by atoms with Gasteiger partial charge in [0.2, 0.25) is 0 Å². The van der Waals surface area contributed by atoms with Gasteiger partial charge in [0.15, 0.2) is 23.1 Å². The molecule has 1 amide bonds. The Kier molecular flexibility index (Phi) is 5.23. The van der Waals surface area contributed by atoms with Gasteiger partial charge in [-0.15, -0.1) is 0 Å². The molecule has 0 radical (unpaired) electrons. The lowest BCUT2D eigenvalue weighted by Gasteiger charge is -2.32. The Balaban J connectivity index is 1.47. The quantitative estimate of drug-likeness (QED) is 0.420. The van der Waals surface area contributed by atoms with Crippen molar-refractivity contribution in [1.82, 2.24) is 18.9 Å². The maximum Gasteiger partial charge on any atom is 0.420 e. The number of alkyl halides is 3. The lowest BCUT2D eigenvalue weighted by Crippen LogP contribution is -2.39. The third kappa shape index (κ3) is 3.65. The third-order valence-corrected chi connectivity index (χ3v) is 6.38. The van der Waals surface area contributed by atoms with E-state index in [4.69, 9.17) is 16.0 Å². The van der Waals surface area contributed by atoms with Crippen LogP contribution in [0.5, 0.6) is 11.8 Å². The summed E-state index contributed by atoms with van der Waals surface area (Å²) in [5.74, 6) is -0.761. The summed E-state index contributed by atoms with van der Waals surface area (Å²) in [4.78, 5) is 18.6. The van der Waals surface area contributed by atoms with Crippen molar-refractivity contribution in [3.05, 3.63) is 59.4 Å². The topological polar surface area (TPSA) is 96.1 Å². The maximum atomic E-state index is 13.8. The Hall–Kier alpha value is -3.60. The van der Waals surface area contributed by atoms with Crippen LogP contribution in [0, 0.1) is 0 Å². The van der Waals surface area contributed by atoms with Crippen molar-refractivity contribution in [1.29, 1.82) is 0 Å². The fourth-order valence-corrected chi connectivity index (χ4v) is 4.58. The van der Waals surface area contributed by atoms with Crippen LogP contribution < -0.4 is 0 Å². The number of fused-ring (bicyclic) bond motifs is 1. The molecular weight excluding hydrogens is 477 g/mol. The Morgan fingerprint density at radius 3 is 2.38 bits per heavy atom. The summed E-state index contributed by atoms with van der Waals surface area (Å²) in [6.45, 7) is 0.494. The van der Waals surface area contributed by atoms with Crippen molar-refractivity contribution < 1.29 is 32.6 Å². The summed E-state index contributed by atoms with van der Waals surface area (Å²) in [5, 5.41) is 19.6. The van der Waals surface area contributed by atoms with E-state index in [0.29, 0.717) is 18.4 Å². The van der Waals surface area contributed by atoms with E-state index >= 15 is 0 Å². The lowest BCUT2D eigenvalue weighted by atomic mass is 10.0. The molecule has 34 heavy (non-hydrogen) atoms. The smallest absolute Gasteiger partial charge is 0.420 e. The van der Waals surface area contributed by atoms with Crippen LogP contribution in [-0.2, 0) is 6.18 Å². The van der Waals surface area contributed by atoms with E-state index in [2.05, 4.69) is 4.98 Å². The number of piperidine rings is 1. The lowest BCUT2D eigenvalue weighted by molar-refractivity contribution is -0.136. The van der Waals surface area contributed by atoms with E-state index < -0.39 is 23.3 Å². The Morgan fingerprint density at radius 2 is 1.79 bits per heavy atom. The van der Waals surface area contributed by atoms with E-state index in [0.717, 1.165) is 10.5 Å². The molecule has 5 heterocycles. The Bertz CT molecular complexity index is 1350. The molecular formula is C22H18ClF3N4O4. The van der Waals surface area contributed by atoms with E-state index in [-0.39, 0.29) is 47.3 Å². The zero-order chi connectivity index (χ0) is 24.2. The SMILES string of the molecule is O=C(c1nc2c(C(F)(F)F)cc(-c3ccoc3)cn2c1Cl)N1CCC(n2c(O)ccc2O)CC1. The summed E-state index contributed by atoms with van der Waals surface area (Å²) in [5.41, 5.74) is -1.14. The molecule has 4 aromatic heterocycles. The van der Waals surface area contributed by atoms with Crippen molar-refractivity contribution in [3.63, 3.8) is 0 Å². The predicted molar refractivity (Wildman–Crippen MR) is 115 cm³/mol. The van der Waals surface area contributed by atoms with Crippen LogP contribution in [0.4, 0.5) is 13.2 Å². The normalized spacial score (nSPS) is 15.4. The second kappa shape index (κ2) is 8.01. The summed E-state index contributed by atoms with van der Waals surface area (Å²) in [7, 11) is 0. The molecule has 1 aliphatic heterocycles. The van der Waals surface area contributed by atoms with Crippen LogP contribution in [0.25, 0.3) is 16.8 Å². The van der Waals surface area contributed by atoms with Crippen molar-refractivity contribution in [2.45, 2.75) is 25.1 Å². The second-order valence-electron chi connectivity index (χ2n) is 8.04. The maximum absolute atomic E-state index is 13.8. The highest BCUT2D eigenvalue weighted by molar-refractivity contribution is 6.33. The molecule has 0 spiro atoms. The number of halogens is 4. The van der Waals surface area contributed by atoms with Crippen molar-refractivity contribution >= 4 is 23.2 Å². The number of rotatable bonds is 3. The molecule has 2 N–H and O–H groups in total.